The van der Waals surface area contributed by atoms with E-state index < -0.39 is 39.6 Å². The van der Waals surface area contributed by atoms with Crippen molar-refractivity contribution in [2.75, 3.05) is 12.4 Å². The average Bonchev–Trinajstić information content (AvgIpc) is 2.36. The number of carboxylic acid groups (broad SMARTS) is 1. The Morgan fingerprint density at radius 2 is 1.75 bits per heavy atom. The second-order valence-corrected chi connectivity index (χ2v) is 6.50. The van der Waals surface area contributed by atoms with Crippen molar-refractivity contribution in [2.45, 2.75) is 38.5 Å². The molecule has 0 saturated heterocycles. The summed E-state index contributed by atoms with van der Waals surface area (Å²) in [6.45, 7) is 0.0111. The fourth-order valence-electron chi connectivity index (χ4n) is 2.37. The highest BCUT2D eigenvalue weighted by Crippen LogP contribution is 2.31. The van der Waals surface area contributed by atoms with Crippen LogP contribution in [-0.2, 0) is 24.4 Å². The average molecular weight is 307 g/mol. The van der Waals surface area contributed by atoms with Crippen LogP contribution < -0.4 is 0 Å². The van der Waals surface area contributed by atoms with Crippen LogP contribution in [0.4, 0.5) is 0 Å². The van der Waals surface area contributed by atoms with Crippen LogP contribution >= 0.6 is 0 Å². The molecule has 0 aromatic heterocycles. The molecule has 0 aromatic carbocycles. The summed E-state index contributed by atoms with van der Waals surface area (Å²) in [5.41, 5.74) is 0. The van der Waals surface area contributed by atoms with Gasteiger partial charge in [-0.15, -0.1) is 0 Å². The molecule has 116 valence electrons. The van der Waals surface area contributed by atoms with Crippen LogP contribution in [0.5, 0.6) is 0 Å². The van der Waals surface area contributed by atoms with Gasteiger partial charge in [0.25, 0.3) is 0 Å². The van der Waals surface area contributed by atoms with E-state index in [-0.39, 0.29) is 19.4 Å². The number of rotatable bonds is 7. The van der Waals surface area contributed by atoms with Crippen LogP contribution in [-0.4, -0.2) is 42.4 Å². The standard InChI is InChI=1S/C12H20O7S/c13-11(14)9-5-1-2-6-10(9)12(15)19-7-3-4-8-20(16,17)18/h9-10H,1-8H2,(H,13,14)(H,16,17,18)/p-1. The molecule has 1 N–H and O–H groups in total. The van der Waals surface area contributed by atoms with Gasteiger partial charge >= 0.3 is 11.9 Å². The van der Waals surface area contributed by atoms with Gasteiger partial charge in [0, 0.05) is 5.75 Å². The lowest BCUT2D eigenvalue weighted by Crippen LogP contribution is -2.34. The third kappa shape index (κ3) is 5.87. The highest BCUT2D eigenvalue weighted by Gasteiger charge is 2.36. The molecule has 0 amide bonds. The molecule has 7 nitrogen and oxygen atoms in total. The number of esters is 1. The maximum Gasteiger partial charge on any atom is 0.309 e. The largest absolute Gasteiger partial charge is 0.748 e. The quantitative estimate of drug-likeness (QED) is 0.418. The highest BCUT2D eigenvalue weighted by atomic mass is 32.2. The Hall–Kier alpha value is -1.15. The monoisotopic (exact) mass is 307 g/mol. The van der Waals surface area contributed by atoms with Gasteiger partial charge in [0.15, 0.2) is 0 Å². The Kier molecular flexibility index (Phi) is 6.41. The van der Waals surface area contributed by atoms with Crippen molar-refractivity contribution < 1.29 is 32.4 Å². The first-order valence-corrected chi connectivity index (χ1v) is 8.22. The summed E-state index contributed by atoms with van der Waals surface area (Å²) in [6, 6.07) is 0. The van der Waals surface area contributed by atoms with Crippen LogP contribution in [0.1, 0.15) is 38.5 Å². The van der Waals surface area contributed by atoms with Crippen LogP contribution in [0, 0.1) is 11.8 Å². The van der Waals surface area contributed by atoms with Gasteiger partial charge < -0.3 is 14.4 Å². The molecule has 0 bridgehead atoms. The van der Waals surface area contributed by atoms with E-state index in [2.05, 4.69) is 0 Å². The number of carboxylic acids is 1. The molecule has 2 unspecified atom stereocenters. The smallest absolute Gasteiger partial charge is 0.309 e. The minimum atomic E-state index is -4.23. The fraction of sp³-hybridized carbons (Fsp3) is 0.833. The summed E-state index contributed by atoms with van der Waals surface area (Å²) in [6.07, 6.45) is 2.98. The molecular weight excluding hydrogens is 288 g/mol. The number of hydrogen-bond donors (Lipinski definition) is 1. The first-order valence-electron chi connectivity index (χ1n) is 6.64. The number of carbonyl (C=O) groups is 2. The Balaban J connectivity index is 2.32. The van der Waals surface area contributed by atoms with Crippen molar-refractivity contribution in [3.05, 3.63) is 0 Å². The molecule has 1 rings (SSSR count). The maximum atomic E-state index is 11.8. The van der Waals surface area contributed by atoms with Gasteiger partial charge in [0.1, 0.15) is 0 Å². The van der Waals surface area contributed by atoms with Crippen LogP contribution in [0.2, 0.25) is 0 Å². The minimum Gasteiger partial charge on any atom is -0.748 e. The van der Waals surface area contributed by atoms with Gasteiger partial charge in [-0.3, -0.25) is 9.59 Å². The predicted octanol–water partition coefficient (Wildman–Crippen LogP) is 0.746. The number of aliphatic carboxylic acids is 1. The third-order valence-corrected chi connectivity index (χ3v) is 4.21. The molecule has 2 atom stereocenters. The summed E-state index contributed by atoms with van der Waals surface area (Å²) < 4.78 is 36.1. The van der Waals surface area contributed by atoms with Gasteiger partial charge in [0.05, 0.1) is 28.6 Å². The Morgan fingerprint density at radius 3 is 2.30 bits per heavy atom. The van der Waals surface area contributed by atoms with Crippen molar-refractivity contribution in [3.8, 4) is 0 Å². The van der Waals surface area contributed by atoms with Crippen molar-refractivity contribution in [1.82, 2.24) is 0 Å². The van der Waals surface area contributed by atoms with E-state index in [9.17, 15) is 22.6 Å². The molecule has 20 heavy (non-hydrogen) atoms. The molecule has 1 saturated carbocycles. The molecule has 0 aromatic rings. The van der Waals surface area contributed by atoms with Crippen molar-refractivity contribution in [1.29, 1.82) is 0 Å². The van der Waals surface area contributed by atoms with Crippen molar-refractivity contribution in [3.63, 3.8) is 0 Å². The second kappa shape index (κ2) is 7.58. The molecule has 1 aliphatic carbocycles. The van der Waals surface area contributed by atoms with E-state index in [0.717, 1.165) is 12.8 Å². The van der Waals surface area contributed by atoms with E-state index in [1.807, 2.05) is 0 Å². The SMILES string of the molecule is O=C(O)C1CCCCC1C(=O)OCCCCS(=O)(=O)[O-]. The summed E-state index contributed by atoms with van der Waals surface area (Å²) >= 11 is 0. The summed E-state index contributed by atoms with van der Waals surface area (Å²) in [4.78, 5) is 22.9. The normalized spacial score (nSPS) is 23.2. The third-order valence-electron chi connectivity index (χ3n) is 3.42. The number of unbranched alkanes of at least 4 members (excludes halogenated alkanes) is 1. The van der Waals surface area contributed by atoms with Gasteiger partial charge in [-0.25, -0.2) is 8.42 Å². The molecule has 1 fully saturated rings. The first-order chi connectivity index (χ1) is 9.31. The molecule has 1 aliphatic rings. The molecule has 0 spiro atoms. The van der Waals surface area contributed by atoms with E-state index in [1.54, 1.807) is 0 Å². The van der Waals surface area contributed by atoms with E-state index in [1.165, 1.54) is 0 Å². The molecule has 0 radical (unpaired) electrons. The molecular formula is C12H19O7S-. The van der Waals surface area contributed by atoms with E-state index in [4.69, 9.17) is 9.84 Å². The van der Waals surface area contributed by atoms with Gasteiger partial charge in [0.2, 0.25) is 0 Å². The Bertz CT molecular complexity index is 443. The molecule has 0 aliphatic heterocycles. The Morgan fingerprint density at radius 1 is 1.15 bits per heavy atom. The number of ether oxygens (including phenoxy) is 1. The summed E-state index contributed by atoms with van der Waals surface area (Å²) in [5, 5.41) is 9.05. The fourth-order valence-corrected chi connectivity index (χ4v) is 2.93. The van der Waals surface area contributed by atoms with Crippen LogP contribution in [0.3, 0.4) is 0 Å². The number of carbonyl (C=O) groups excluding carboxylic acids is 1. The van der Waals surface area contributed by atoms with Gasteiger partial charge in [-0.05, 0) is 25.7 Å². The molecule has 8 heteroatoms. The second-order valence-electron chi connectivity index (χ2n) is 4.97. The summed E-state index contributed by atoms with van der Waals surface area (Å²) in [7, 11) is -4.23. The van der Waals surface area contributed by atoms with Gasteiger partial charge in [-0.1, -0.05) is 12.8 Å². The van der Waals surface area contributed by atoms with Crippen molar-refractivity contribution in [2.24, 2.45) is 11.8 Å². The van der Waals surface area contributed by atoms with E-state index >= 15 is 0 Å². The zero-order chi connectivity index (χ0) is 15.2. The number of hydrogen-bond acceptors (Lipinski definition) is 6. The lowest BCUT2D eigenvalue weighted by molar-refractivity contribution is -0.159. The molecule has 0 heterocycles. The van der Waals surface area contributed by atoms with Crippen LogP contribution in [0.25, 0.3) is 0 Å². The lowest BCUT2D eigenvalue weighted by Gasteiger charge is -2.26. The van der Waals surface area contributed by atoms with Gasteiger partial charge in [-0.2, -0.15) is 0 Å². The zero-order valence-corrected chi connectivity index (χ0v) is 11.9. The predicted molar refractivity (Wildman–Crippen MR) is 67.8 cm³/mol. The lowest BCUT2D eigenvalue weighted by atomic mass is 9.79. The van der Waals surface area contributed by atoms with Crippen LogP contribution in [0.15, 0.2) is 0 Å². The summed E-state index contributed by atoms with van der Waals surface area (Å²) in [5.74, 6) is -3.32. The van der Waals surface area contributed by atoms with Crippen molar-refractivity contribution >= 4 is 22.1 Å². The first kappa shape index (κ1) is 16.9. The maximum absolute atomic E-state index is 11.8. The highest BCUT2D eigenvalue weighted by molar-refractivity contribution is 7.85. The minimum absolute atomic E-state index is 0.0111. The zero-order valence-electron chi connectivity index (χ0n) is 11.1. The van der Waals surface area contributed by atoms with E-state index in [0.29, 0.717) is 12.8 Å². The Labute approximate surface area is 118 Å². The topological polar surface area (TPSA) is 121 Å².